The first-order valence-electron chi connectivity index (χ1n) is 10.6. The number of nitrogens with zero attached hydrogens (tertiary/aromatic N) is 3. The maximum atomic E-state index is 12.8. The van der Waals surface area contributed by atoms with Crippen molar-refractivity contribution in [2.45, 2.75) is 57.2 Å². The predicted octanol–water partition coefficient (Wildman–Crippen LogP) is 5.03. The first-order chi connectivity index (χ1) is 15.6. The van der Waals surface area contributed by atoms with Gasteiger partial charge in [-0.3, -0.25) is 0 Å². The van der Waals surface area contributed by atoms with E-state index in [1.165, 1.54) is 9.69 Å². The largest absolute Gasteiger partial charge is 0.546 e. The summed E-state index contributed by atoms with van der Waals surface area (Å²) in [6.07, 6.45) is 2.38. The van der Waals surface area contributed by atoms with Gasteiger partial charge >= 0.3 is 0 Å². The Morgan fingerprint density at radius 3 is 2.48 bits per heavy atom. The predicted molar refractivity (Wildman–Crippen MR) is 130 cm³/mol. The second-order valence-electron chi connectivity index (χ2n) is 7.65. The van der Waals surface area contributed by atoms with Crippen molar-refractivity contribution in [1.29, 1.82) is 0 Å². The molecule has 0 saturated heterocycles. The van der Waals surface area contributed by atoms with Gasteiger partial charge in [0.25, 0.3) is 10.0 Å². The minimum Gasteiger partial charge on any atom is -0.546 e. The van der Waals surface area contributed by atoms with E-state index in [-0.39, 0.29) is 40.7 Å². The van der Waals surface area contributed by atoms with E-state index in [4.69, 9.17) is 4.42 Å². The normalized spacial score (nSPS) is 13.6. The second kappa shape index (κ2) is 10.4. The van der Waals surface area contributed by atoms with E-state index in [9.17, 15) is 18.1 Å². The van der Waals surface area contributed by atoms with Gasteiger partial charge in [-0.15, -0.1) is 11.3 Å². The third-order valence-corrected chi connectivity index (χ3v) is 9.41. The zero-order chi connectivity index (χ0) is 24.3. The van der Waals surface area contributed by atoms with Crippen molar-refractivity contribution < 1.29 is 22.5 Å². The van der Waals surface area contributed by atoms with Crippen molar-refractivity contribution in [3.63, 3.8) is 0 Å². The first-order valence-corrected chi connectivity index (χ1v) is 14.0. The summed E-state index contributed by atoms with van der Waals surface area (Å²) in [7, 11) is -3.83. The van der Waals surface area contributed by atoms with Crippen molar-refractivity contribution >= 4 is 49.8 Å². The van der Waals surface area contributed by atoms with Crippen LogP contribution >= 0.6 is 22.5 Å². The Hall–Kier alpha value is -2.19. The van der Waals surface area contributed by atoms with Crippen molar-refractivity contribution in [1.82, 2.24) is 13.1 Å². The van der Waals surface area contributed by atoms with Gasteiger partial charge in [-0.25, -0.2) is 8.42 Å². The Balaban J connectivity index is 1.86. The highest BCUT2D eigenvalue weighted by molar-refractivity contribution is 7.91. The standard InChI is InChI=1S/C20H29N5O5S3/c1-6-14(16-9-13(10-30-16)12(4)5)21-18-19(24-32(27)23-18)22-15-11-31-20(17(15)26)33(28,29)25(7-2)8-3/h9-12,14,26H,6-8H2,1-5H3,(H,21,23)(H,22,24)/t14-,32?/m1/s1. The highest BCUT2D eigenvalue weighted by Crippen LogP contribution is 2.42. The molecule has 0 radical (unpaired) electrons. The number of aromatic nitrogens is 2. The first kappa shape index (κ1) is 25.4. The number of anilines is 3. The van der Waals surface area contributed by atoms with Crippen LogP contribution in [0, 0.1) is 0 Å². The monoisotopic (exact) mass is 515 g/mol. The molecule has 0 aliphatic rings. The molecule has 0 aliphatic carbocycles. The van der Waals surface area contributed by atoms with Crippen LogP contribution in [0.1, 0.15) is 64.3 Å². The molecular weight excluding hydrogens is 486 g/mol. The maximum absolute atomic E-state index is 12.8. The molecule has 182 valence electrons. The van der Waals surface area contributed by atoms with Crippen LogP contribution in [-0.4, -0.2) is 44.2 Å². The molecular formula is C20H29N5O5S3. The molecule has 2 atom stereocenters. The zero-order valence-electron chi connectivity index (χ0n) is 19.2. The molecule has 0 amide bonds. The molecule has 0 aliphatic heterocycles. The van der Waals surface area contributed by atoms with Crippen LogP contribution in [0.4, 0.5) is 17.3 Å². The van der Waals surface area contributed by atoms with Crippen LogP contribution in [0.25, 0.3) is 0 Å². The van der Waals surface area contributed by atoms with E-state index in [2.05, 4.69) is 33.2 Å². The third kappa shape index (κ3) is 5.32. The summed E-state index contributed by atoms with van der Waals surface area (Å²) in [5, 5.41) is 18.2. The van der Waals surface area contributed by atoms with Gasteiger partial charge in [-0.05, 0) is 24.0 Å². The van der Waals surface area contributed by atoms with E-state index in [1.54, 1.807) is 20.1 Å². The third-order valence-electron chi connectivity index (χ3n) is 5.20. The smallest absolute Gasteiger partial charge is 0.256 e. The quantitative estimate of drug-likeness (QED) is 0.300. The van der Waals surface area contributed by atoms with Crippen LogP contribution in [-0.2, 0) is 10.0 Å². The lowest BCUT2D eigenvalue weighted by molar-refractivity contribution is 0.434. The van der Waals surface area contributed by atoms with Gasteiger partial charge in [0.05, 0.1) is 18.0 Å². The highest BCUT2D eigenvalue weighted by Gasteiger charge is 2.30. The molecule has 0 fully saturated rings. The summed E-state index contributed by atoms with van der Waals surface area (Å²) in [4.78, 5) is 0. The number of hydrogen-bond donors (Lipinski definition) is 3. The van der Waals surface area contributed by atoms with E-state index in [0.29, 0.717) is 18.1 Å². The Morgan fingerprint density at radius 2 is 1.91 bits per heavy atom. The molecule has 33 heavy (non-hydrogen) atoms. The fourth-order valence-corrected chi connectivity index (χ4v) is 6.70. The molecule has 3 N–H and O–H groups in total. The highest BCUT2D eigenvalue weighted by atomic mass is 32.2. The number of rotatable bonds is 11. The Bertz CT molecular complexity index is 1180. The van der Waals surface area contributed by atoms with Crippen LogP contribution in [0.15, 0.2) is 26.3 Å². The molecule has 10 nitrogen and oxygen atoms in total. The summed E-state index contributed by atoms with van der Waals surface area (Å²) in [6, 6.07) is 1.73. The number of furan rings is 1. The Kier molecular flexibility index (Phi) is 8.00. The number of aromatic hydroxyl groups is 1. The van der Waals surface area contributed by atoms with Crippen molar-refractivity contribution in [2.75, 3.05) is 23.7 Å². The SMILES string of the molecule is CC[C@@H](Nc1n[s+]([O-])nc1Nc1csc(S(=O)(=O)N(CC)CC)c1O)c1cc(C(C)C)co1. The number of nitrogens with one attached hydrogen (secondary N) is 2. The Morgan fingerprint density at radius 1 is 1.24 bits per heavy atom. The van der Waals surface area contributed by atoms with Crippen LogP contribution in [0.3, 0.4) is 0 Å². The summed E-state index contributed by atoms with van der Waals surface area (Å²) in [5.74, 6) is 1.00. The molecule has 13 heteroatoms. The summed E-state index contributed by atoms with van der Waals surface area (Å²) in [6.45, 7) is 10.2. The Labute approximate surface area is 200 Å². The fourth-order valence-electron chi connectivity index (χ4n) is 3.25. The summed E-state index contributed by atoms with van der Waals surface area (Å²) < 4.78 is 52.4. The number of sulfonamides is 1. The molecule has 3 heterocycles. The minimum absolute atomic E-state index is 0.141. The molecule has 3 aromatic heterocycles. The summed E-state index contributed by atoms with van der Waals surface area (Å²) >= 11 is -0.945. The fraction of sp³-hybridized carbons (Fsp3) is 0.500. The lowest BCUT2D eigenvalue weighted by Crippen LogP contribution is -2.30. The molecule has 3 rings (SSSR count). The average molecular weight is 516 g/mol. The van der Waals surface area contributed by atoms with E-state index < -0.39 is 26.9 Å². The van der Waals surface area contributed by atoms with E-state index in [0.717, 1.165) is 16.9 Å². The molecule has 0 saturated carbocycles. The lowest BCUT2D eigenvalue weighted by atomic mass is 10.1. The van der Waals surface area contributed by atoms with Gasteiger partial charge in [0.1, 0.15) is 5.76 Å². The van der Waals surface area contributed by atoms with Gasteiger partial charge in [-0.2, -0.15) is 4.31 Å². The van der Waals surface area contributed by atoms with Crippen LogP contribution in [0.5, 0.6) is 5.75 Å². The van der Waals surface area contributed by atoms with Gasteiger partial charge in [0.2, 0.25) is 11.6 Å². The second-order valence-corrected chi connectivity index (χ2v) is 11.5. The van der Waals surface area contributed by atoms with Gasteiger partial charge < -0.3 is 24.7 Å². The van der Waals surface area contributed by atoms with Crippen LogP contribution < -0.4 is 10.6 Å². The maximum Gasteiger partial charge on any atom is 0.256 e. The number of thiophene rings is 1. The topological polar surface area (TPSA) is 144 Å². The van der Waals surface area contributed by atoms with E-state index >= 15 is 0 Å². The van der Waals surface area contributed by atoms with Gasteiger partial charge in [0, 0.05) is 27.2 Å². The van der Waals surface area contributed by atoms with E-state index in [1.807, 2.05) is 13.0 Å². The molecule has 0 spiro atoms. The minimum atomic E-state index is -3.83. The van der Waals surface area contributed by atoms with Gasteiger partial charge in [-0.1, -0.05) is 34.6 Å². The zero-order valence-corrected chi connectivity index (χ0v) is 21.6. The van der Waals surface area contributed by atoms with Crippen LogP contribution in [0.2, 0.25) is 0 Å². The summed E-state index contributed by atoms with van der Waals surface area (Å²) in [5.41, 5.74) is 1.21. The average Bonchev–Trinajstić information content (AvgIpc) is 3.47. The molecule has 3 aromatic rings. The molecule has 0 bridgehead atoms. The molecule has 1 unspecified atom stereocenters. The van der Waals surface area contributed by atoms with Crippen molar-refractivity contribution in [3.05, 3.63) is 29.0 Å². The van der Waals surface area contributed by atoms with Gasteiger partial charge in [0.15, 0.2) is 21.1 Å². The van der Waals surface area contributed by atoms with Crippen molar-refractivity contribution in [3.8, 4) is 5.75 Å². The molecule has 0 aromatic carbocycles. The van der Waals surface area contributed by atoms with Crippen molar-refractivity contribution in [2.24, 2.45) is 0 Å². The lowest BCUT2D eigenvalue weighted by Gasteiger charge is -2.17. The number of hydrogen-bond acceptors (Lipinski definition) is 10.